The van der Waals surface area contributed by atoms with Gasteiger partial charge in [0.2, 0.25) is 0 Å². The Morgan fingerprint density at radius 3 is 2.53 bits per heavy atom. The van der Waals surface area contributed by atoms with Gasteiger partial charge in [-0.15, -0.1) is 22.0 Å². The number of β-lactam (4-membered cyclic amide) rings is 1. The number of carboxylic acids is 2. The van der Waals surface area contributed by atoms with Crippen molar-refractivity contribution >= 4 is 58.6 Å². The zero-order valence-electron chi connectivity index (χ0n) is 16.5. The Kier molecular flexibility index (Phi) is 6.22. The number of aliphatic carboxylic acids is 1. The molecule has 13 heteroatoms. The molecular formula is C19H16N4O6S3. The number of benzene rings is 1. The smallest absolute Gasteiger partial charge is 0.352 e. The first kappa shape index (κ1) is 22.3. The molecule has 2 aromatic rings. The van der Waals surface area contributed by atoms with Crippen LogP contribution < -0.4 is 5.32 Å². The molecule has 1 saturated heterocycles. The van der Waals surface area contributed by atoms with Crippen LogP contribution in [0, 0.1) is 6.92 Å². The van der Waals surface area contributed by atoms with Gasteiger partial charge in [-0.05, 0) is 24.6 Å². The van der Waals surface area contributed by atoms with Crippen molar-refractivity contribution in [3.05, 3.63) is 51.7 Å². The van der Waals surface area contributed by atoms with Crippen LogP contribution in [0.15, 0.2) is 39.9 Å². The van der Waals surface area contributed by atoms with Gasteiger partial charge in [0, 0.05) is 11.5 Å². The van der Waals surface area contributed by atoms with E-state index in [9.17, 15) is 29.4 Å². The quantitative estimate of drug-likeness (QED) is 0.385. The topological polar surface area (TPSA) is 150 Å². The summed E-state index contributed by atoms with van der Waals surface area (Å²) in [6, 6.07) is 4.75. The molecule has 3 N–H and O–H groups in total. The molecule has 32 heavy (non-hydrogen) atoms. The van der Waals surface area contributed by atoms with Crippen molar-refractivity contribution in [1.29, 1.82) is 0 Å². The normalized spacial score (nSPS) is 19.9. The van der Waals surface area contributed by atoms with E-state index in [0.717, 1.165) is 5.01 Å². The number of fused-ring (bicyclic) bond motifs is 1. The van der Waals surface area contributed by atoms with Crippen molar-refractivity contribution in [2.75, 3.05) is 11.5 Å². The molecule has 1 aromatic carbocycles. The van der Waals surface area contributed by atoms with Crippen molar-refractivity contribution in [3.8, 4) is 0 Å². The van der Waals surface area contributed by atoms with Crippen molar-refractivity contribution < 1.29 is 29.4 Å². The Bertz CT molecular complexity index is 1160. The summed E-state index contributed by atoms with van der Waals surface area (Å²) in [5, 5.41) is 29.8. The lowest BCUT2D eigenvalue weighted by Gasteiger charge is -2.49. The fraction of sp³-hybridized carbons (Fsp3) is 0.263. The summed E-state index contributed by atoms with van der Waals surface area (Å²) in [7, 11) is 0. The van der Waals surface area contributed by atoms with Gasteiger partial charge in [0.05, 0.1) is 11.1 Å². The zero-order valence-corrected chi connectivity index (χ0v) is 18.9. The molecule has 2 aliphatic rings. The Labute approximate surface area is 194 Å². The van der Waals surface area contributed by atoms with Gasteiger partial charge >= 0.3 is 11.9 Å². The molecular weight excluding hydrogens is 476 g/mol. The van der Waals surface area contributed by atoms with Crippen LogP contribution in [-0.2, 0) is 9.59 Å². The van der Waals surface area contributed by atoms with Gasteiger partial charge < -0.3 is 15.5 Å². The van der Waals surface area contributed by atoms with Crippen LogP contribution >= 0.6 is 34.9 Å². The maximum absolute atomic E-state index is 12.8. The van der Waals surface area contributed by atoms with Crippen LogP contribution in [0.1, 0.15) is 25.7 Å². The highest BCUT2D eigenvalue weighted by atomic mass is 32.2. The molecule has 1 unspecified atom stereocenters. The van der Waals surface area contributed by atoms with Gasteiger partial charge in [-0.2, -0.15) is 0 Å². The molecule has 0 aliphatic carbocycles. The van der Waals surface area contributed by atoms with Gasteiger partial charge in [-0.3, -0.25) is 14.5 Å². The van der Waals surface area contributed by atoms with Gasteiger partial charge in [0.1, 0.15) is 22.1 Å². The number of carbonyl (C=O) groups excluding carboxylic acids is 2. The fourth-order valence-corrected chi connectivity index (χ4v) is 6.67. The second-order valence-corrected chi connectivity index (χ2v) is 10.4. The molecule has 1 aromatic heterocycles. The lowest BCUT2D eigenvalue weighted by atomic mass is 10.0. The molecule has 2 aliphatic heterocycles. The van der Waals surface area contributed by atoms with Crippen LogP contribution in [0.25, 0.3) is 0 Å². The van der Waals surface area contributed by atoms with E-state index in [0.29, 0.717) is 21.4 Å². The summed E-state index contributed by atoms with van der Waals surface area (Å²) in [6.07, 6.45) is 0. The number of nitrogens with zero attached hydrogens (tertiary/aromatic N) is 3. The first-order valence-electron chi connectivity index (χ1n) is 9.24. The monoisotopic (exact) mass is 492 g/mol. The van der Waals surface area contributed by atoms with E-state index in [-0.39, 0.29) is 16.8 Å². The SMILES string of the molecule is Cc1nnc(SCC2=C(C(=O)O)N3C(=O)C(NC(=O)c4ccccc4C(=O)O)[C@H]3SC2)s1. The van der Waals surface area contributed by atoms with E-state index in [2.05, 4.69) is 15.5 Å². The molecule has 2 atom stereocenters. The minimum absolute atomic E-state index is 0.0644. The van der Waals surface area contributed by atoms with Crippen molar-refractivity contribution in [1.82, 2.24) is 20.4 Å². The predicted octanol–water partition coefficient (Wildman–Crippen LogP) is 1.69. The molecule has 4 rings (SSSR count). The van der Waals surface area contributed by atoms with Crippen LogP contribution in [-0.4, -0.2) is 72.0 Å². The number of carboxylic acid groups (broad SMARTS) is 2. The Morgan fingerprint density at radius 1 is 1.19 bits per heavy atom. The molecule has 166 valence electrons. The van der Waals surface area contributed by atoms with Gasteiger partial charge in [0.25, 0.3) is 11.8 Å². The summed E-state index contributed by atoms with van der Waals surface area (Å²) in [5.41, 5.74) is 0.266. The lowest BCUT2D eigenvalue weighted by Crippen LogP contribution is -2.70. The highest BCUT2D eigenvalue weighted by Gasteiger charge is 2.54. The number of hydrogen-bond donors (Lipinski definition) is 3. The van der Waals surface area contributed by atoms with E-state index in [1.54, 1.807) is 0 Å². The van der Waals surface area contributed by atoms with E-state index in [4.69, 9.17) is 0 Å². The average Bonchev–Trinajstić information content (AvgIpc) is 3.19. The van der Waals surface area contributed by atoms with E-state index in [1.807, 2.05) is 6.92 Å². The Balaban J connectivity index is 1.50. The van der Waals surface area contributed by atoms with Crippen LogP contribution in [0.4, 0.5) is 0 Å². The van der Waals surface area contributed by atoms with E-state index < -0.39 is 35.2 Å². The number of aromatic carboxylic acids is 1. The maximum atomic E-state index is 12.8. The lowest BCUT2D eigenvalue weighted by molar-refractivity contribution is -0.148. The molecule has 0 radical (unpaired) electrons. The van der Waals surface area contributed by atoms with Crippen LogP contribution in [0.3, 0.4) is 0 Å². The Hall–Kier alpha value is -2.90. The van der Waals surface area contributed by atoms with Crippen LogP contribution in [0.5, 0.6) is 0 Å². The third kappa shape index (κ3) is 4.10. The number of rotatable bonds is 7. The molecule has 2 amide bonds. The maximum Gasteiger partial charge on any atom is 0.352 e. The number of nitrogens with one attached hydrogen (secondary N) is 1. The third-order valence-corrected chi connectivity index (χ3v) is 8.21. The zero-order chi connectivity index (χ0) is 23.0. The third-order valence-electron chi connectivity index (χ3n) is 4.82. The van der Waals surface area contributed by atoms with Crippen molar-refractivity contribution in [3.63, 3.8) is 0 Å². The second kappa shape index (κ2) is 8.92. The van der Waals surface area contributed by atoms with E-state index >= 15 is 0 Å². The standard InChI is InChI=1S/C19H16N4O6S3/c1-8-21-22-19(32-8)31-7-9-6-30-16-12(15(25)23(16)13(9)18(28)29)20-14(24)10-4-2-3-5-11(10)17(26)27/h2-5,12,16H,6-7H2,1H3,(H,20,24)(H,26,27)(H,28,29)/t12?,16-/m1/s1. The summed E-state index contributed by atoms with van der Waals surface area (Å²) in [5.74, 6) is -2.99. The molecule has 0 saturated carbocycles. The number of carbonyl (C=O) groups is 4. The average molecular weight is 493 g/mol. The molecule has 0 bridgehead atoms. The van der Waals surface area contributed by atoms with Gasteiger partial charge in [0.15, 0.2) is 4.34 Å². The van der Waals surface area contributed by atoms with Gasteiger partial charge in [-0.1, -0.05) is 35.2 Å². The van der Waals surface area contributed by atoms with Crippen molar-refractivity contribution in [2.24, 2.45) is 0 Å². The van der Waals surface area contributed by atoms with Gasteiger partial charge in [-0.25, -0.2) is 9.59 Å². The Morgan fingerprint density at radius 2 is 1.91 bits per heavy atom. The summed E-state index contributed by atoms with van der Waals surface area (Å²) < 4.78 is 0.712. The molecule has 0 spiro atoms. The first-order chi connectivity index (χ1) is 15.3. The largest absolute Gasteiger partial charge is 0.478 e. The number of amides is 2. The number of hydrogen-bond acceptors (Lipinski definition) is 9. The molecule has 3 heterocycles. The van der Waals surface area contributed by atoms with Crippen molar-refractivity contribution in [2.45, 2.75) is 22.7 Å². The summed E-state index contributed by atoms with van der Waals surface area (Å²) in [6.45, 7) is 1.83. The fourth-order valence-electron chi connectivity index (χ4n) is 3.37. The number of aryl methyl sites for hydroxylation is 1. The summed E-state index contributed by atoms with van der Waals surface area (Å²) >= 11 is 4.11. The summed E-state index contributed by atoms with van der Waals surface area (Å²) in [4.78, 5) is 49.9. The number of thioether (sulfide) groups is 2. The number of aromatic nitrogens is 2. The predicted molar refractivity (Wildman–Crippen MR) is 118 cm³/mol. The highest BCUT2D eigenvalue weighted by Crippen LogP contribution is 2.41. The van der Waals surface area contributed by atoms with E-state index in [1.165, 1.54) is 64.0 Å². The minimum Gasteiger partial charge on any atom is -0.478 e. The first-order valence-corrected chi connectivity index (χ1v) is 12.1. The highest BCUT2D eigenvalue weighted by molar-refractivity contribution is 8.01. The molecule has 10 nitrogen and oxygen atoms in total. The minimum atomic E-state index is -1.26. The second-order valence-electron chi connectivity index (χ2n) is 6.84. The molecule has 1 fully saturated rings. The van der Waals surface area contributed by atoms with Crippen LogP contribution in [0.2, 0.25) is 0 Å².